The molecule has 2 atom stereocenters. The van der Waals surface area contributed by atoms with Gasteiger partial charge in [0, 0.05) is 24.0 Å². The van der Waals surface area contributed by atoms with Gasteiger partial charge in [-0.3, -0.25) is 0 Å². The van der Waals surface area contributed by atoms with Crippen molar-refractivity contribution in [2.24, 2.45) is 5.92 Å². The van der Waals surface area contributed by atoms with Crippen molar-refractivity contribution in [2.45, 2.75) is 50.7 Å². The first-order chi connectivity index (χ1) is 8.76. The van der Waals surface area contributed by atoms with Crippen LogP contribution in [0.1, 0.15) is 45.4 Å². The normalized spacial score (nSPS) is 13.2. The second-order valence-corrected chi connectivity index (χ2v) is 6.47. The van der Waals surface area contributed by atoms with Crippen molar-refractivity contribution in [2.75, 3.05) is 18.3 Å². The lowest BCUT2D eigenvalue weighted by Crippen LogP contribution is -2.11. The van der Waals surface area contributed by atoms with Crippen LogP contribution in [0, 0.1) is 30.1 Å². The van der Waals surface area contributed by atoms with Crippen molar-refractivity contribution in [3.05, 3.63) is 6.42 Å². The van der Waals surface area contributed by atoms with Crippen LogP contribution in [-0.4, -0.2) is 23.5 Å². The van der Waals surface area contributed by atoms with Gasteiger partial charge in [-0.15, -0.1) is 5.92 Å². The number of hydrogen-bond donors (Lipinski definition) is 0. The highest BCUT2D eigenvalue weighted by molar-refractivity contribution is 7.99. The van der Waals surface area contributed by atoms with Crippen LogP contribution in [-0.2, 0) is 0 Å². The molecular weight excluding hydrogens is 256 g/mol. The van der Waals surface area contributed by atoms with E-state index < -0.39 is 0 Å². The van der Waals surface area contributed by atoms with Crippen LogP contribution in [0.2, 0.25) is 0 Å². The van der Waals surface area contributed by atoms with E-state index in [1.165, 1.54) is 25.0 Å². The molecule has 0 spiro atoms. The summed E-state index contributed by atoms with van der Waals surface area (Å²) < 4.78 is 0. The molecule has 0 aromatic heterocycles. The summed E-state index contributed by atoms with van der Waals surface area (Å²) >= 11 is 3.79. The summed E-state index contributed by atoms with van der Waals surface area (Å²) in [6.07, 6.45) is 17.9. The highest BCUT2D eigenvalue weighted by atomic mass is 32.2. The summed E-state index contributed by atoms with van der Waals surface area (Å²) in [6, 6.07) is 0. The first-order valence-corrected chi connectivity index (χ1v) is 9.34. The number of rotatable bonds is 9. The molecule has 0 rings (SSSR count). The molecule has 0 saturated carbocycles. The molecule has 2 heteroatoms. The van der Waals surface area contributed by atoms with Crippen LogP contribution in [0.15, 0.2) is 0 Å². The van der Waals surface area contributed by atoms with Gasteiger partial charge in [-0.25, -0.2) is 0 Å². The maximum atomic E-state index is 6.96. The lowest BCUT2D eigenvalue weighted by Gasteiger charge is -2.16. The van der Waals surface area contributed by atoms with E-state index in [9.17, 15) is 0 Å². The predicted octanol–water partition coefficient (Wildman–Crippen LogP) is 4.65. The van der Waals surface area contributed by atoms with E-state index in [4.69, 9.17) is 6.42 Å². The van der Waals surface area contributed by atoms with Crippen LogP contribution < -0.4 is 0 Å². The Balaban J connectivity index is 3.77. The third kappa shape index (κ3) is 9.81. The zero-order chi connectivity index (χ0) is 13.6. The molecule has 0 amide bonds. The molecule has 0 saturated heterocycles. The van der Waals surface area contributed by atoms with E-state index in [0.29, 0.717) is 11.2 Å². The molecule has 0 fully saturated rings. The largest absolute Gasteiger partial charge is 0.165 e. The first-order valence-electron chi connectivity index (χ1n) is 6.66. The van der Waals surface area contributed by atoms with Crippen LogP contribution in [0.3, 0.4) is 0 Å². The summed E-state index contributed by atoms with van der Waals surface area (Å²) in [5, 5.41) is 0.548. The van der Waals surface area contributed by atoms with Gasteiger partial charge in [0.15, 0.2) is 0 Å². The summed E-state index contributed by atoms with van der Waals surface area (Å²) in [4.78, 5) is 0. The van der Waals surface area contributed by atoms with Crippen LogP contribution in [0.5, 0.6) is 0 Å². The van der Waals surface area contributed by atoms with Crippen LogP contribution in [0.25, 0.3) is 0 Å². The fourth-order valence-corrected chi connectivity index (χ4v) is 3.07. The Bertz CT molecular complexity index is 280. The van der Waals surface area contributed by atoms with Crippen molar-refractivity contribution in [3.8, 4) is 17.8 Å². The van der Waals surface area contributed by atoms with Crippen molar-refractivity contribution in [3.63, 3.8) is 0 Å². The lowest BCUT2D eigenvalue weighted by molar-refractivity contribution is 0.652. The molecule has 0 aromatic carbocycles. The Morgan fingerprint density at radius 3 is 2.50 bits per heavy atom. The van der Waals surface area contributed by atoms with Gasteiger partial charge in [0.05, 0.1) is 0 Å². The minimum absolute atomic E-state index is 0.430. The minimum atomic E-state index is 0.430. The standard InChI is InChI=1S/C16H25S2/c1-5-6-13-16(18-4)15(2)12-10-8-7-9-11-14-17-3/h15-16H,6-9,11,13-14H2,2-4H3. The van der Waals surface area contributed by atoms with Crippen LogP contribution >= 0.6 is 23.5 Å². The van der Waals surface area contributed by atoms with Gasteiger partial charge in [-0.05, 0) is 44.0 Å². The Labute approximate surface area is 122 Å². The fraction of sp³-hybridized carbons (Fsp3) is 0.750. The molecule has 2 unspecified atom stereocenters. The topological polar surface area (TPSA) is 0 Å². The highest BCUT2D eigenvalue weighted by Crippen LogP contribution is 2.21. The molecule has 1 radical (unpaired) electrons. The molecule has 0 bridgehead atoms. The Kier molecular flexibility index (Phi) is 13.1. The summed E-state index contributed by atoms with van der Waals surface area (Å²) in [5.41, 5.74) is 0. The van der Waals surface area contributed by atoms with E-state index in [1.54, 1.807) is 0 Å². The quantitative estimate of drug-likeness (QED) is 0.446. The Morgan fingerprint density at radius 2 is 1.89 bits per heavy atom. The average molecular weight is 282 g/mol. The maximum Gasteiger partial charge on any atom is 0.0293 e. The van der Waals surface area contributed by atoms with Gasteiger partial charge in [0.1, 0.15) is 0 Å². The molecule has 18 heavy (non-hydrogen) atoms. The number of thioether (sulfide) groups is 2. The maximum absolute atomic E-state index is 6.96. The van der Waals surface area contributed by atoms with E-state index >= 15 is 0 Å². The summed E-state index contributed by atoms with van der Waals surface area (Å²) in [6.45, 7) is 2.20. The van der Waals surface area contributed by atoms with Gasteiger partial charge < -0.3 is 0 Å². The predicted molar refractivity (Wildman–Crippen MR) is 87.5 cm³/mol. The third-order valence-electron chi connectivity index (χ3n) is 2.89. The van der Waals surface area contributed by atoms with Gasteiger partial charge in [0.2, 0.25) is 0 Å². The van der Waals surface area contributed by atoms with Gasteiger partial charge in [0.25, 0.3) is 0 Å². The molecule has 0 aromatic rings. The van der Waals surface area contributed by atoms with Crippen LogP contribution in [0.4, 0.5) is 0 Å². The molecule has 0 N–H and O–H groups in total. The first kappa shape index (κ1) is 17.8. The second kappa shape index (κ2) is 13.3. The van der Waals surface area contributed by atoms with E-state index in [2.05, 4.69) is 37.2 Å². The smallest absolute Gasteiger partial charge is 0.0293 e. The zero-order valence-electron chi connectivity index (χ0n) is 11.9. The monoisotopic (exact) mass is 281 g/mol. The Hall–Kier alpha value is -0.180. The van der Waals surface area contributed by atoms with Gasteiger partial charge in [-0.1, -0.05) is 25.2 Å². The van der Waals surface area contributed by atoms with Crippen molar-refractivity contribution < 1.29 is 0 Å². The Morgan fingerprint density at radius 1 is 1.11 bits per heavy atom. The van der Waals surface area contributed by atoms with E-state index in [1.807, 2.05) is 23.5 Å². The van der Waals surface area contributed by atoms with Gasteiger partial charge in [-0.2, -0.15) is 23.5 Å². The fourth-order valence-electron chi connectivity index (χ4n) is 1.75. The molecule has 0 nitrogen and oxygen atoms in total. The van der Waals surface area contributed by atoms with Gasteiger partial charge >= 0.3 is 0 Å². The number of unbranched alkanes of at least 4 members (excludes halogenated alkanes) is 3. The lowest BCUT2D eigenvalue weighted by atomic mass is 10.0. The highest BCUT2D eigenvalue weighted by Gasteiger charge is 2.12. The molecule has 101 valence electrons. The van der Waals surface area contributed by atoms with Crippen molar-refractivity contribution in [1.29, 1.82) is 0 Å². The zero-order valence-corrected chi connectivity index (χ0v) is 13.6. The summed E-state index contributed by atoms with van der Waals surface area (Å²) in [7, 11) is 0. The third-order valence-corrected chi connectivity index (χ3v) is 4.84. The van der Waals surface area contributed by atoms with E-state index in [0.717, 1.165) is 19.3 Å². The van der Waals surface area contributed by atoms with E-state index in [-0.39, 0.29) is 0 Å². The number of hydrogen-bond acceptors (Lipinski definition) is 2. The summed E-state index contributed by atoms with van der Waals surface area (Å²) in [5.74, 6) is 10.9. The SMILES string of the molecule is [C]#CCCC(SC)C(C)C#CCCCCCSC. The molecule has 0 aliphatic carbocycles. The average Bonchev–Trinajstić information content (AvgIpc) is 2.38. The molecular formula is C16H25S2. The molecule has 0 aliphatic heterocycles. The second-order valence-electron chi connectivity index (χ2n) is 4.40. The molecule has 0 aliphatic rings. The van der Waals surface area contributed by atoms with Crippen molar-refractivity contribution >= 4 is 23.5 Å². The van der Waals surface area contributed by atoms with Crippen molar-refractivity contribution in [1.82, 2.24) is 0 Å². The molecule has 0 heterocycles. The minimum Gasteiger partial charge on any atom is -0.165 e.